The highest BCUT2D eigenvalue weighted by Crippen LogP contribution is 2.34. The predicted molar refractivity (Wildman–Crippen MR) is 125 cm³/mol. The average molecular weight is 489 g/mol. The minimum atomic E-state index is 0.0700. The van der Waals surface area contributed by atoms with Crippen molar-refractivity contribution in [2.45, 2.75) is 6.54 Å². The van der Waals surface area contributed by atoms with Crippen molar-refractivity contribution in [3.05, 3.63) is 64.1 Å². The maximum atomic E-state index is 13.0. The number of halogens is 2. The molecule has 0 bridgehead atoms. The largest absolute Gasteiger partial charge is 0.371 e. The van der Waals surface area contributed by atoms with Gasteiger partial charge in [0, 0.05) is 49.5 Å². The van der Waals surface area contributed by atoms with E-state index in [1.165, 1.54) is 0 Å². The third-order valence-corrected chi connectivity index (χ3v) is 6.29. The van der Waals surface area contributed by atoms with Crippen molar-refractivity contribution >= 4 is 44.9 Å². The van der Waals surface area contributed by atoms with Gasteiger partial charge in [-0.2, -0.15) is 5.10 Å². The van der Waals surface area contributed by atoms with Gasteiger partial charge in [0.1, 0.15) is 6.54 Å². The predicted octanol–water partition coefficient (Wildman–Crippen LogP) is 4.36. The number of piperazine rings is 1. The first-order chi connectivity index (χ1) is 14.6. The van der Waals surface area contributed by atoms with Crippen molar-refractivity contribution in [1.29, 1.82) is 0 Å². The van der Waals surface area contributed by atoms with Gasteiger partial charge in [-0.25, -0.2) is 0 Å². The second-order valence-electron chi connectivity index (χ2n) is 7.13. The molecule has 156 valence electrons. The van der Waals surface area contributed by atoms with Crippen LogP contribution in [0.3, 0.4) is 0 Å². The summed E-state index contributed by atoms with van der Waals surface area (Å²) in [5.74, 6) is 0.787. The molecule has 6 nitrogen and oxygen atoms in total. The molecule has 0 unspecified atom stereocenters. The van der Waals surface area contributed by atoms with Gasteiger partial charge >= 0.3 is 0 Å². The van der Waals surface area contributed by atoms with Crippen LogP contribution in [0.2, 0.25) is 5.02 Å². The summed E-state index contributed by atoms with van der Waals surface area (Å²) in [7, 11) is 1.82. The molecule has 1 N–H and O–H groups in total. The zero-order chi connectivity index (χ0) is 21.1. The van der Waals surface area contributed by atoms with Crippen molar-refractivity contribution in [2.75, 3.05) is 43.4 Å². The molecule has 0 atom stereocenters. The van der Waals surface area contributed by atoms with Gasteiger partial charge in [0.15, 0.2) is 5.82 Å². The van der Waals surface area contributed by atoms with Crippen LogP contribution in [-0.2, 0) is 11.3 Å². The van der Waals surface area contributed by atoms with Crippen molar-refractivity contribution < 1.29 is 4.79 Å². The number of hydrogen-bond donors (Lipinski definition) is 1. The van der Waals surface area contributed by atoms with Crippen molar-refractivity contribution in [3.8, 4) is 11.3 Å². The van der Waals surface area contributed by atoms with E-state index in [1.807, 2.05) is 66.5 Å². The first-order valence-electron chi connectivity index (χ1n) is 9.84. The van der Waals surface area contributed by atoms with Crippen molar-refractivity contribution in [3.63, 3.8) is 0 Å². The summed E-state index contributed by atoms with van der Waals surface area (Å²) in [5, 5.41) is 8.41. The highest BCUT2D eigenvalue weighted by molar-refractivity contribution is 9.10. The molecule has 8 heteroatoms. The minimum absolute atomic E-state index is 0.0700. The van der Waals surface area contributed by atoms with Gasteiger partial charge in [0.2, 0.25) is 5.91 Å². The van der Waals surface area contributed by atoms with Crippen LogP contribution in [0, 0.1) is 0 Å². The lowest BCUT2D eigenvalue weighted by Crippen LogP contribution is -2.49. The molecular formula is C22H23BrClN5O. The topological polar surface area (TPSA) is 53.4 Å². The molecule has 0 radical (unpaired) electrons. The van der Waals surface area contributed by atoms with Crippen LogP contribution >= 0.6 is 27.5 Å². The lowest BCUT2D eigenvalue weighted by atomic mass is 10.1. The number of carbonyl (C=O) groups is 1. The molecule has 30 heavy (non-hydrogen) atoms. The van der Waals surface area contributed by atoms with Crippen LogP contribution in [-0.4, -0.2) is 53.8 Å². The van der Waals surface area contributed by atoms with Gasteiger partial charge in [-0.1, -0.05) is 41.9 Å². The number of aromatic nitrogens is 2. The molecule has 4 rings (SSSR count). The van der Waals surface area contributed by atoms with Crippen LogP contribution in [0.25, 0.3) is 11.3 Å². The van der Waals surface area contributed by atoms with Gasteiger partial charge < -0.3 is 15.1 Å². The molecule has 0 spiro atoms. The highest BCUT2D eigenvalue weighted by atomic mass is 79.9. The zero-order valence-electron chi connectivity index (χ0n) is 16.7. The Morgan fingerprint density at radius 1 is 1.07 bits per heavy atom. The van der Waals surface area contributed by atoms with E-state index >= 15 is 0 Å². The fourth-order valence-corrected chi connectivity index (χ4v) is 4.52. The van der Waals surface area contributed by atoms with E-state index in [1.54, 1.807) is 4.68 Å². The van der Waals surface area contributed by atoms with Crippen LogP contribution in [0.15, 0.2) is 59.1 Å². The van der Waals surface area contributed by atoms with Gasteiger partial charge in [-0.05, 0) is 40.2 Å². The maximum Gasteiger partial charge on any atom is 0.244 e. The number of benzene rings is 2. The number of hydrogen-bond acceptors (Lipinski definition) is 4. The lowest BCUT2D eigenvalue weighted by Gasteiger charge is -2.36. The van der Waals surface area contributed by atoms with E-state index < -0.39 is 0 Å². The Morgan fingerprint density at radius 2 is 1.73 bits per heavy atom. The van der Waals surface area contributed by atoms with Crippen LogP contribution < -0.4 is 10.2 Å². The molecule has 2 aromatic carbocycles. The summed E-state index contributed by atoms with van der Waals surface area (Å²) in [6.45, 7) is 3.16. The van der Waals surface area contributed by atoms with E-state index in [0.717, 1.165) is 39.5 Å². The Bertz CT molecular complexity index is 1010. The van der Waals surface area contributed by atoms with Gasteiger partial charge in [0.25, 0.3) is 0 Å². The molecule has 3 aromatic rings. The Morgan fingerprint density at radius 3 is 2.37 bits per heavy atom. The average Bonchev–Trinajstić information content (AvgIpc) is 3.09. The number of nitrogens with zero attached hydrogens (tertiary/aromatic N) is 4. The third-order valence-electron chi connectivity index (χ3n) is 5.29. The van der Waals surface area contributed by atoms with E-state index in [4.69, 9.17) is 11.6 Å². The summed E-state index contributed by atoms with van der Waals surface area (Å²) in [6, 6.07) is 17.8. The highest BCUT2D eigenvalue weighted by Gasteiger charge is 2.24. The summed E-state index contributed by atoms with van der Waals surface area (Å²) >= 11 is 9.62. The quantitative estimate of drug-likeness (QED) is 0.580. The molecule has 1 saturated heterocycles. The van der Waals surface area contributed by atoms with Crippen LogP contribution in [0.4, 0.5) is 11.5 Å². The first kappa shape index (κ1) is 20.8. The van der Waals surface area contributed by atoms with E-state index in [-0.39, 0.29) is 12.5 Å². The van der Waals surface area contributed by atoms with Crippen LogP contribution in [0.5, 0.6) is 0 Å². The lowest BCUT2D eigenvalue weighted by molar-refractivity contribution is -0.132. The second-order valence-corrected chi connectivity index (χ2v) is 8.36. The standard InChI is InChI=1S/C22H23BrClN5O/c1-25-22-20(23)21(16-5-3-2-4-6-16)29(26-22)15-19(30)28-13-11-27(12-14-28)18-9-7-17(24)8-10-18/h2-10H,11-15H2,1H3,(H,25,26). The number of nitrogens with one attached hydrogen (secondary N) is 1. The number of amides is 1. The van der Waals surface area contributed by atoms with Gasteiger partial charge in [-0.15, -0.1) is 0 Å². The summed E-state index contributed by atoms with van der Waals surface area (Å²) in [6.07, 6.45) is 0. The summed E-state index contributed by atoms with van der Waals surface area (Å²) in [4.78, 5) is 17.2. The molecule has 1 aliphatic rings. The van der Waals surface area contributed by atoms with Crippen molar-refractivity contribution in [2.24, 2.45) is 0 Å². The molecule has 2 heterocycles. The molecular weight excluding hydrogens is 466 g/mol. The first-order valence-corrected chi connectivity index (χ1v) is 11.0. The van der Waals surface area contributed by atoms with Gasteiger partial charge in [-0.3, -0.25) is 9.48 Å². The molecule has 1 aromatic heterocycles. The fourth-order valence-electron chi connectivity index (χ4n) is 3.68. The van der Waals surface area contributed by atoms with Gasteiger partial charge in [0.05, 0.1) is 10.2 Å². The molecule has 1 fully saturated rings. The summed E-state index contributed by atoms with van der Waals surface area (Å²) in [5.41, 5.74) is 3.04. The SMILES string of the molecule is CNc1nn(CC(=O)N2CCN(c3ccc(Cl)cc3)CC2)c(-c2ccccc2)c1Br. The number of carbonyl (C=O) groups excluding carboxylic acids is 1. The third kappa shape index (κ3) is 4.32. The zero-order valence-corrected chi connectivity index (χ0v) is 19.0. The fraction of sp³-hybridized carbons (Fsp3) is 0.273. The Hall–Kier alpha value is -2.51. The number of rotatable bonds is 5. The maximum absolute atomic E-state index is 13.0. The monoisotopic (exact) mass is 487 g/mol. The Labute approximate surface area is 189 Å². The Kier molecular flexibility index (Phi) is 6.29. The molecule has 1 aliphatic heterocycles. The number of anilines is 2. The van der Waals surface area contributed by atoms with E-state index in [2.05, 4.69) is 31.2 Å². The molecule has 0 aliphatic carbocycles. The second kappa shape index (κ2) is 9.10. The minimum Gasteiger partial charge on any atom is -0.371 e. The van der Waals surface area contributed by atoms with Crippen molar-refractivity contribution in [1.82, 2.24) is 14.7 Å². The Balaban J connectivity index is 1.46. The normalized spacial score (nSPS) is 14.1. The van der Waals surface area contributed by atoms with Crippen LogP contribution in [0.1, 0.15) is 0 Å². The molecule has 1 amide bonds. The van der Waals surface area contributed by atoms with E-state index in [9.17, 15) is 4.79 Å². The molecule has 0 saturated carbocycles. The summed E-state index contributed by atoms with van der Waals surface area (Å²) < 4.78 is 2.63. The smallest absolute Gasteiger partial charge is 0.244 e. The van der Waals surface area contributed by atoms with E-state index in [0.29, 0.717) is 18.9 Å².